The van der Waals surface area contributed by atoms with Crippen LogP contribution in [0.1, 0.15) is 18.1 Å². The van der Waals surface area contributed by atoms with Gasteiger partial charge in [0.15, 0.2) is 0 Å². The zero-order valence-corrected chi connectivity index (χ0v) is 12.2. The van der Waals surface area contributed by atoms with Crippen LogP contribution >= 0.6 is 0 Å². The van der Waals surface area contributed by atoms with Gasteiger partial charge in [-0.1, -0.05) is 48.5 Å². The molecule has 0 aromatic heterocycles. The van der Waals surface area contributed by atoms with E-state index in [0.717, 1.165) is 11.3 Å². The molecule has 1 amide bonds. The lowest BCUT2D eigenvalue weighted by molar-refractivity contribution is -0.120. The summed E-state index contributed by atoms with van der Waals surface area (Å²) in [7, 11) is 0. The third-order valence-corrected chi connectivity index (χ3v) is 3.66. The molecular formula is C17H19N3O2. The minimum Gasteiger partial charge on any atom is -0.333 e. The van der Waals surface area contributed by atoms with Gasteiger partial charge in [0.1, 0.15) is 12.3 Å². The highest BCUT2D eigenvalue weighted by atomic mass is 16.7. The molecule has 0 spiro atoms. The Morgan fingerprint density at radius 1 is 1.14 bits per heavy atom. The van der Waals surface area contributed by atoms with Gasteiger partial charge in [-0.05, 0) is 17.7 Å². The van der Waals surface area contributed by atoms with Gasteiger partial charge in [-0.15, -0.1) is 0 Å². The van der Waals surface area contributed by atoms with Gasteiger partial charge in [-0.3, -0.25) is 9.63 Å². The number of nitrogens with one attached hydrogen (secondary N) is 1. The van der Waals surface area contributed by atoms with E-state index < -0.39 is 0 Å². The maximum Gasteiger partial charge on any atom is 0.235 e. The Kier molecular flexibility index (Phi) is 4.37. The molecule has 1 aliphatic heterocycles. The van der Waals surface area contributed by atoms with Gasteiger partial charge in [-0.25, -0.2) is 5.06 Å². The topological polar surface area (TPSA) is 67.6 Å². The van der Waals surface area contributed by atoms with E-state index in [-0.39, 0.29) is 24.7 Å². The predicted molar refractivity (Wildman–Crippen MR) is 84.8 cm³/mol. The van der Waals surface area contributed by atoms with Crippen LogP contribution in [0.3, 0.4) is 0 Å². The molecule has 1 heterocycles. The Morgan fingerprint density at radius 3 is 2.41 bits per heavy atom. The zero-order chi connectivity index (χ0) is 15.4. The van der Waals surface area contributed by atoms with Crippen LogP contribution in [0.2, 0.25) is 0 Å². The van der Waals surface area contributed by atoms with Gasteiger partial charge in [0, 0.05) is 6.42 Å². The van der Waals surface area contributed by atoms with Gasteiger partial charge in [0.25, 0.3) is 0 Å². The fourth-order valence-corrected chi connectivity index (χ4v) is 2.59. The summed E-state index contributed by atoms with van der Waals surface area (Å²) in [6.45, 7) is -0.0326. The van der Waals surface area contributed by atoms with Crippen molar-refractivity contribution in [3.8, 4) is 0 Å². The van der Waals surface area contributed by atoms with Crippen LogP contribution in [0, 0.1) is 0 Å². The summed E-state index contributed by atoms with van der Waals surface area (Å²) in [5.41, 5.74) is 7.41. The molecule has 0 bridgehead atoms. The van der Waals surface area contributed by atoms with E-state index in [2.05, 4.69) is 5.32 Å². The second-order valence-corrected chi connectivity index (χ2v) is 5.19. The number of hydrogen-bond donors (Lipinski definition) is 2. The van der Waals surface area contributed by atoms with Crippen LogP contribution in [-0.4, -0.2) is 18.6 Å². The lowest BCUT2D eigenvalue weighted by atomic mass is 10.1. The lowest BCUT2D eigenvalue weighted by Gasteiger charge is -2.25. The minimum absolute atomic E-state index is 0.0326. The van der Waals surface area contributed by atoms with Gasteiger partial charge in [0.05, 0.1) is 12.2 Å². The van der Waals surface area contributed by atoms with E-state index in [9.17, 15) is 4.79 Å². The molecule has 1 saturated heterocycles. The third-order valence-electron chi connectivity index (χ3n) is 3.66. The average molecular weight is 297 g/mol. The SMILES string of the molecule is NCC(=O)N[C@@H]1C[C@H](c2ccccc2)ON1c1ccccc1. The fraction of sp³-hybridized carbons (Fsp3) is 0.235. The summed E-state index contributed by atoms with van der Waals surface area (Å²) < 4.78 is 0. The zero-order valence-electron chi connectivity index (χ0n) is 12.2. The highest BCUT2D eigenvalue weighted by Crippen LogP contribution is 2.35. The number of benzene rings is 2. The van der Waals surface area contributed by atoms with Crippen molar-refractivity contribution in [2.24, 2.45) is 5.73 Å². The standard InChI is InChI=1S/C17H19N3O2/c18-12-17(21)19-16-11-15(13-7-3-1-4-8-13)22-20(16)14-9-5-2-6-10-14/h1-10,15-16H,11-12,18H2,(H,19,21)/t15-,16+/m1/s1. The Balaban J connectivity index is 1.83. The molecule has 22 heavy (non-hydrogen) atoms. The van der Waals surface area contributed by atoms with Crippen LogP contribution in [0.25, 0.3) is 0 Å². The first-order valence-corrected chi connectivity index (χ1v) is 7.33. The highest BCUT2D eigenvalue weighted by molar-refractivity contribution is 5.78. The summed E-state index contributed by atoms with van der Waals surface area (Å²) in [5, 5.41) is 4.67. The summed E-state index contributed by atoms with van der Waals surface area (Å²) >= 11 is 0. The Morgan fingerprint density at radius 2 is 1.77 bits per heavy atom. The fourth-order valence-electron chi connectivity index (χ4n) is 2.59. The lowest BCUT2D eigenvalue weighted by Crippen LogP contribution is -2.46. The first kappa shape index (κ1) is 14.6. The molecule has 3 rings (SSSR count). The number of amides is 1. The quantitative estimate of drug-likeness (QED) is 0.905. The van der Waals surface area contributed by atoms with E-state index in [1.54, 1.807) is 5.06 Å². The molecule has 2 aromatic rings. The number of carbonyl (C=O) groups excluding carboxylic acids is 1. The number of rotatable bonds is 4. The number of nitrogens with two attached hydrogens (primary N) is 1. The van der Waals surface area contributed by atoms with Crippen molar-refractivity contribution in [3.63, 3.8) is 0 Å². The maximum atomic E-state index is 11.7. The number of nitrogens with zero attached hydrogens (tertiary/aromatic N) is 1. The first-order valence-electron chi connectivity index (χ1n) is 7.33. The van der Waals surface area contributed by atoms with Crippen molar-refractivity contribution in [1.29, 1.82) is 0 Å². The number of para-hydroxylation sites is 1. The summed E-state index contributed by atoms with van der Waals surface area (Å²) in [4.78, 5) is 17.7. The van der Waals surface area contributed by atoms with E-state index in [1.807, 2.05) is 60.7 Å². The molecule has 3 N–H and O–H groups in total. The minimum atomic E-state index is -0.233. The van der Waals surface area contributed by atoms with Crippen LogP contribution in [0.15, 0.2) is 60.7 Å². The van der Waals surface area contributed by atoms with Crippen molar-refractivity contribution in [2.75, 3.05) is 11.6 Å². The molecule has 114 valence electrons. The van der Waals surface area contributed by atoms with Crippen molar-refractivity contribution in [3.05, 3.63) is 66.2 Å². The second kappa shape index (κ2) is 6.60. The van der Waals surface area contributed by atoms with Crippen LogP contribution < -0.4 is 16.1 Å². The van der Waals surface area contributed by atoms with Gasteiger partial charge >= 0.3 is 0 Å². The predicted octanol–water partition coefficient (Wildman–Crippen LogP) is 1.97. The third kappa shape index (κ3) is 3.10. The smallest absolute Gasteiger partial charge is 0.235 e. The van der Waals surface area contributed by atoms with E-state index in [4.69, 9.17) is 10.6 Å². The normalized spacial score (nSPS) is 20.9. The van der Waals surface area contributed by atoms with E-state index >= 15 is 0 Å². The first-order chi connectivity index (χ1) is 10.8. The summed E-state index contributed by atoms with van der Waals surface area (Å²) in [6.07, 6.45) is 0.345. The van der Waals surface area contributed by atoms with Gasteiger partial charge in [0.2, 0.25) is 5.91 Å². The van der Waals surface area contributed by atoms with Gasteiger partial charge < -0.3 is 11.1 Å². The van der Waals surface area contributed by atoms with Crippen molar-refractivity contribution < 1.29 is 9.63 Å². The van der Waals surface area contributed by atoms with Crippen molar-refractivity contribution in [1.82, 2.24) is 5.32 Å². The number of hydroxylamine groups is 1. The monoisotopic (exact) mass is 297 g/mol. The molecule has 0 unspecified atom stereocenters. The molecule has 0 radical (unpaired) electrons. The largest absolute Gasteiger partial charge is 0.333 e. The summed E-state index contributed by atoms with van der Waals surface area (Å²) in [5.74, 6) is -0.191. The average Bonchev–Trinajstić information content (AvgIpc) is 3.00. The molecule has 0 saturated carbocycles. The molecule has 0 aliphatic carbocycles. The second-order valence-electron chi connectivity index (χ2n) is 5.19. The Labute approximate surface area is 129 Å². The molecule has 5 heteroatoms. The summed E-state index contributed by atoms with van der Waals surface area (Å²) in [6, 6.07) is 19.7. The van der Waals surface area contributed by atoms with E-state index in [1.165, 1.54) is 0 Å². The highest BCUT2D eigenvalue weighted by Gasteiger charge is 2.35. The molecular weight excluding hydrogens is 278 g/mol. The Bertz CT molecular complexity index is 618. The van der Waals surface area contributed by atoms with Crippen LogP contribution in [0.5, 0.6) is 0 Å². The van der Waals surface area contributed by atoms with E-state index in [0.29, 0.717) is 6.42 Å². The molecule has 5 nitrogen and oxygen atoms in total. The maximum absolute atomic E-state index is 11.7. The van der Waals surface area contributed by atoms with Gasteiger partial charge in [-0.2, -0.15) is 0 Å². The number of hydrogen-bond acceptors (Lipinski definition) is 4. The van der Waals surface area contributed by atoms with Crippen LogP contribution in [-0.2, 0) is 9.63 Å². The van der Waals surface area contributed by atoms with Crippen molar-refractivity contribution in [2.45, 2.75) is 18.7 Å². The molecule has 2 atom stereocenters. The van der Waals surface area contributed by atoms with Crippen LogP contribution in [0.4, 0.5) is 5.69 Å². The molecule has 2 aromatic carbocycles. The number of anilines is 1. The molecule has 1 aliphatic rings. The molecule has 1 fully saturated rings. The number of carbonyl (C=O) groups is 1. The van der Waals surface area contributed by atoms with Crippen molar-refractivity contribution >= 4 is 11.6 Å². The Hall–Kier alpha value is -2.37.